The summed E-state index contributed by atoms with van der Waals surface area (Å²) in [5.74, 6) is 1.83. The van der Waals surface area contributed by atoms with Gasteiger partial charge in [0.25, 0.3) is 0 Å². The van der Waals surface area contributed by atoms with E-state index in [9.17, 15) is 0 Å². The first kappa shape index (κ1) is 11.4. The molecule has 1 aliphatic heterocycles. The highest BCUT2D eigenvalue weighted by atomic mass is 15.2. The van der Waals surface area contributed by atoms with E-state index >= 15 is 0 Å². The zero-order chi connectivity index (χ0) is 10.8. The zero-order valence-electron chi connectivity index (χ0n) is 10.5. The molecule has 1 aliphatic carbocycles. The summed E-state index contributed by atoms with van der Waals surface area (Å²) >= 11 is 0. The van der Waals surface area contributed by atoms with Gasteiger partial charge in [0, 0.05) is 18.6 Å². The van der Waals surface area contributed by atoms with Crippen molar-refractivity contribution in [3.8, 4) is 0 Å². The van der Waals surface area contributed by atoms with Gasteiger partial charge in [0.05, 0.1) is 0 Å². The van der Waals surface area contributed by atoms with Gasteiger partial charge in [0.15, 0.2) is 0 Å². The molecule has 0 aromatic heterocycles. The number of likely N-dealkylation sites (tertiary alicyclic amines) is 1. The van der Waals surface area contributed by atoms with E-state index in [1.807, 2.05) is 0 Å². The normalized spacial score (nSPS) is 42.6. The van der Waals surface area contributed by atoms with Crippen LogP contribution in [0.3, 0.4) is 0 Å². The lowest BCUT2D eigenvalue weighted by Crippen LogP contribution is -2.56. The van der Waals surface area contributed by atoms with Crippen LogP contribution in [-0.2, 0) is 0 Å². The summed E-state index contributed by atoms with van der Waals surface area (Å²) in [4.78, 5) is 2.79. The van der Waals surface area contributed by atoms with Gasteiger partial charge in [-0.25, -0.2) is 0 Å². The fourth-order valence-electron chi connectivity index (χ4n) is 3.27. The molecular formula is C13H26N2. The van der Waals surface area contributed by atoms with E-state index in [0.29, 0.717) is 0 Å². The van der Waals surface area contributed by atoms with Crippen LogP contribution >= 0.6 is 0 Å². The van der Waals surface area contributed by atoms with Crippen LogP contribution in [-0.4, -0.2) is 37.1 Å². The third-order valence-electron chi connectivity index (χ3n) is 4.44. The molecule has 15 heavy (non-hydrogen) atoms. The number of nitrogens with zero attached hydrogens (tertiary/aromatic N) is 1. The molecule has 1 saturated carbocycles. The highest BCUT2D eigenvalue weighted by molar-refractivity contribution is 4.93. The molecule has 2 heteroatoms. The van der Waals surface area contributed by atoms with Crippen molar-refractivity contribution in [1.29, 1.82) is 0 Å². The van der Waals surface area contributed by atoms with Crippen LogP contribution < -0.4 is 5.32 Å². The van der Waals surface area contributed by atoms with Crippen molar-refractivity contribution in [3.63, 3.8) is 0 Å². The smallest absolute Gasteiger partial charge is 0.0139 e. The lowest BCUT2D eigenvalue weighted by atomic mass is 9.76. The molecule has 1 heterocycles. The Labute approximate surface area is 94.4 Å². The van der Waals surface area contributed by atoms with Crippen molar-refractivity contribution in [1.82, 2.24) is 10.2 Å². The Morgan fingerprint density at radius 3 is 2.53 bits per heavy atom. The van der Waals surface area contributed by atoms with Crippen LogP contribution in [0.25, 0.3) is 0 Å². The summed E-state index contributed by atoms with van der Waals surface area (Å²) in [5, 5.41) is 3.34. The van der Waals surface area contributed by atoms with E-state index < -0.39 is 0 Å². The lowest BCUT2D eigenvalue weighted by Gasteiger charge is -2.50. The van der Waals surface area contributed by atoms with Gasteiger partial charge < -0.3 is 5.32 Å². The zero-order valence-corrected chi connectivity index (χ0v) is 10.5. The first-order valence-corrected chi connectivity index (χ1v) is 6.62. The van der Waals surface area contributed by atoms with Crippen LogP contribution in [0.4, 0.5) is 0 Å². The summed E-state index contributed by atoms with van der Waals surface area (Å²) in [7, 11) is 2.08. The minimum Gasteiger partial charge on any atom is -0.319 e. The molecule has 4 unspecified atom stereocenters. The minimum atomic E-state index is 0.825. The average molecular weight is 210 g/mol. The Hall–Kier alpha value is -0.0800. The van der Waals surface area contributed by atoms with Crippen LogP contribution in [0.15, 0.2) is 0 Å². The van der Waals surface area contributed by atoms with E-state index in [0.717, 1.165) is 23.9 Å². The van der Waals surface area contributed by atoms with Crippen molar-refractivity contribution in [2.45, 2.75) is 51.6 Å². The van der Waals surface area contributed by atoms with Gasteiger partial charge in [-0.1, -0.05) is 6.92 Å². The molecule has 0 bridgehead atoms. The minimum absolute atomic E-state index is 0.825. The molecule has 0 radical (unpaired) electrons. The third kappa shape index (κ3) is 2.36. The topological polar surface area (TPSA) is 15.3 Å². The molecule has 2 rings (SSSR count). The Morgan fingerprint density at radius 1 is 1.13 bits per heavy atom. The second-order valence-corrected chi connectivity index (χ2v) is 5.69. The van der Waals surface area contributed by atoms with E-state index in [1.165, 1.54) is 38.8 Å². The van der Waals surface area contributed by atoms with Gasteiger partial charge in [0.1, 0.15) is 0 Å². The van der Waals surface area contributed by atoms with Crippen molar-refractivity contribution >= 4 is 0 Å². The Kier molecular flexibility index (Phi) is 3.68. The number of piperidine rings is 1. The number of hydrogen-bond acceptors (Lipinski definition) is 2. The molecule has 4 atom stereocenters. The Balaban J connectivity index is 1.90. The predicted octanol–water partition coefficient (Wildman–Crippen LogP) is 2.10. The van der Waals surface area contributed by atoms with Gasteiger partial charge >= 0.3 is 0 Å². The van der Waals surface area contributed by atoms with Crippen molar-refractivity contribution in [3.05, 3.63) is 0 Å². The van der Waals surface area contributed by atoms with Crippen molar-refractivity contribution in [2.24, 2.45) is 11.8 Å². The average Bonchev–Trinajstić information content (AvgIpc) is 2.18. The lowest BCUT2D eigenvalue weighted by molar-refractivity contribution is -0.00110. The molecule has 88 valence electrons. The van der Waals surface area contributed by atoms with Crippen LogP contribution in [0.2, 0.25) is 0 Å². The standard InChI is InChI=1S/C13H26N2/c1-10-4-5-11(2)15(9-10)13-7-6-12(13)8-14-3/h10-14H,4-9H2,1-3H3. The summed E-state index contributed by atoms with van der Waals surface area (Å²) in [6.45, 7) is 7.37. The van der Waals surface area contributed by atoms with E-state index in [4.69, 9.17) is 0 Å². The summed E-state index contributed by atoms with van der Waals surface area (Å²) < 4.78 is 0. The number of nitrogens with one attached hydrogen (secondary N) is 1. The van der Waals surface area contributed by atoms with Gasteiger partial charge in [-0.2, -0.15) is 0 Å². The van der Waals surface area contributed by atoms with Crippen LogP contribution in [0, 0.1) is 11.8 Å². The van der Waals surface area contributed by atoms with Crippen LogP contribution in [0.1, 0.15) is 39.5 Å². The quantitative estimate of drug-likeness (QED) is 0.767. The number of hydrogen-bond donors (Lipinski definition) is 1. The fraction of sp³-hybridized carbons (Fsp3) is 1.00. The molecule has 0 spiro atoms. The molecule has 2 aliphatic rings. The maximum atomic E-state index is 3.34. The number of rotatable bonds is 3. The first-order valence-electron chi connectivity index (χ1n) is 6.62. The van der Waals surface area contributed by atoms with E-state index in [2.05, 4.69) is 31.1 Å². The second kappa shape index (κ2) is 4.84. The first-order chi connectivity index (χ1) is 7.22. The monoisotopic (exact) mass is 210 g/mol. The Bertz CT molecular complexity index is 205. The van der Waals surface area contributed by atoms with Gasteiger partial charge in [-0.15, -0.1) is 0 Å². The van der Waals surface area contributed by atoms with Gasteiger partial charge in [0.2, 0.25) is 0 Å². The van der Waals surface area contributed by atoms with E-state index in [-0.39, 0.29) is 0 Å². The Morgan fingerprint density at radius 2 is 1.93 bits per heavy atom. The largest absolute Gasteiger partial charge is 0.319 e. The second-order valence-electron chi connectivity index (χ2n) is 5.69. The summed E-state index contributed by atoms with van der Waals surface area (Å²) in [6.07, 6.45) is 5.71. The summed E-state index contributed by atoms with van der Waals surface area (Å²) in [6, 6.07) is 1.71. The fourth-order valence-corrected chi connectivity index (χ4v) is 3.27. The third-order valence-corrected chi connectivity index (χ3v) is 4.44. The summed E-state index contributed by atoms with van der Waals surface area (Å²) in [5.41, 5.74) is 0. The van der Waals surface area contributed by atoms with Crippen LogP contribution in [0.5, 0.6) is 0 Å². The molecule has 2 fully saturated rings. The van der Waals surface area contributed by atoms with Crippen molar-refractivity contribution in [2.75, 3.05) is 20.1 Å². The SMILES string of the molecule is CNCC1CCC1N1CC(C)CCC1C. The molecular weight excluding hydrogens is 184 g/mol. The maximum Gasteiger partial charge on any atom is 0.0139 e. The maximum absolute atomic E-state index is 3.34. The van der Waals surface area contributed by atoms with Gasteiger partial charge in [-0.3, -0.25) is 4.90 Å². The predicted molar refractivity (Wildman–Crippen MR) is 65.0 cm³/mol. The highest BCUT2D eigenvalue weighted by Crippen LogP contribution is 2.36. The van der Waals surface area contributed by atoms with Gasteiger partial charge in [-0.05, 0) is 58.0 Å². The van der Waals surface area contributed by atoms with Crippen molar-refractivity contribution < 1.29 is 0 Å². The molecule has 0 amide bonds. The molecule has 1 saturated heterocycles. The molecule has 2 nitrogen and oxygen atoms in total. The molecule has 0 aromatic rings. The molecule has 1 N–H and O–H groups in total. The molecule has 0 aromatic carbocycles. The highest BCUT2D eigenvalue weighted by Gasteiger charge is 2.38. The van der Waals surface area contributed by atoms with E-state index in [1.54, 1.807) is 0 Å².